The highest BCUT2D eigenvalue weighted by Gasteiger charge is 2.25. The number of benzene rings is 2. The minimum atomic E-state index is 0.0148. The van der Waals surface area contributed by atoms with Crippen LogP contribution in [-0.4, -0.2) is 13.7 Å². The third-order valence-corrected chi connectivity index (χ3v) is 3.56. The van der Waals surface area contributed by atoms with Crippen LogP contribution in [0.2, 0.25) is 0 Å². The molecular formula is C16H21NO. The molecule has 0 aliphatic heterocycles. The molecule has 0 aliphatic rings. The van der Waals surface area contributed by atoms with Gasteiger partial charge in [-0.1, -0.05) is 44.2 Å². The fraction of sp³-hybridized carbons (Fsp3) is 0.375. The Labute approximate surface area is 109 Å². The summed E-state index contributed by atoms with van der Waals surface area (Å²) in [5, 5.41) is 2.51. The highest BCUT2D eigenvalue weighted by atomic mass is 16.5. The van der Waals surface area contributed by atoms with E-state index in [2.05, 4.69) is 50.2 Å². The predicted molar refractivity (Wildman–Crippen MR) is 77.2 cm³/mol. The number of fused-ring (bicyclic) bond motifs is 1. The first-order valence-electron chi connectivity index (χ1n) is 6.36. The first-order valence-corrected chi connectivity index (χ1v) is 6.36. The molecule has 0 spiro atoms. The van der Waals surface area contributed by atoms with E-state index in [0.717, 1.165) is 12.2 Å². The average Bonchev–Trinajstić information content (AvgIpc) is 2.37. The summed E-state index contributed by atoms with van der Waals surface area (Å²) in [5.74, 6) is 0.951. The van der Waals surface area contributed by atoms with Crippen molar-refractivity contribution in [1.82, 2.24) is 0 Å². The zero-order valence-corrected chi connectivity index (χ0v) is 11.4. The molecule has 0 atom stereocenters. The first kappa shape index (κ1) is 12.9. The summed E-state index contributed by atoms with van der Waals surface area (Å²) < 4.78 is 5.55. The smallest absolute Gasteiger partial charge is 0.123 e. The first-order chi connectivity index (χ1) is 8.60. The summed E-state index contributed by atoms with van der Waals surface area (Å²) in [6.45, 7) is 5.13. The molecule has 0 amide bonds. The molecule has 0 bridgehead atoms. The van der Waals surface area contributed by atoms with Gasteiger partial charge in [0.05, 0.1) is 7.11 Å². The summed E-state index contributed by atoms with van der Waals surface area (Å²) >= 11 is 0. The molecule has 2 aromatic rings. The van der Waals surface area contributed by atoms with Gasteiger partial charge in [-0.15, -0.1) is 0 Å². The van der Waals surface area contributed by atoms with E-state index >= 15 is 0 Å². The van der Waals surface area contributed by atoms with Gasteiger partial charge in [-0.2, -0.15) is 0 Å². The SMILES string of the molecule is COc1ccc2ccccc2c1C(C)(C)CCN. The Balaban J connectivity index is 2.72. The highest BCUT2D eigenvalue weighted by molar-refractivity contribution is 5.88. The molecule has 0 unspecified atom stereocenters. The lowest BCUT2D eigenvalue weighted by Crippen LogP contribution is -2.22. The Morgan fingerprint density at radius 2 is 1.83 bits per heavy atom. The molecule has 96 valence electrons. The molecule has 0 radical (unpaired) electrons. The number of hydrogen-bond acceptors (Lipinski definition) is 2. The number of methoxy groups -OCH3 is 1. The van der Waals surface area contributed by atoms with E-state index in [1.54, 1.807) is 7.11 Å². The van der Waals surface area contributed by atoms with Crippen molar-refractivity contribution < 1.29 is 4.74 Å². The Hall–Kier alpha value is -1.54. The van der Waals surface area contributed by atoms with Crippen LogP contribution in [-0.2, 0) is 5.41 Å². The maximum Gasteiger partial charge on any atom is 0.123 e. The fourth-order valence-electron chi connectivity index (χ4n) is 2.61. The van der Waals surface area contributed by atoms with Crippen molar-refractivity contribution in [2.24, 2.45) is 5.73 Å². The van der Waals surface area contributed by atoms with Gasteiger partial charge in [0, 0.05) is 5.56 Å². The van der Waals surface area contributed by atoms with Crippen molar-refractivity contribution in [3.05, 3.63) is 42.0 Å². The largest absolute Gasteiger partial charge is 0.496 e. The van der Waals surface area contributed by atoms with Crippen molar-refractivity contribution in [1.29, 1.82) is 0 Å². The van der Waals surface area contributed by atoms with E-state index < -0.39 is 0 Å². The number of hydrogen-bond donors (Lipinski definition) is 1. The third kappa shape index (κ3) is 2.21. The van der Waals surface area contributed by atoms with Gasteiger partial charge in [0.1, 0.15) is 5.75 Å². The van der Waals surface area contributed by atoms with Gasteiger partial charge in [0.2, 0.25) is 0 Å². The van der Waals surface area contributed by atoms with Crippen LogP contribution in [0.25, 0.3) is 10.8 Å². The summed E-state index contributed by atoms with van der Waals surface area (Å²) in [6, 6.07) is 12.6. The molecule has 2 rings (SSSR count). The molecule has 0 aromatic heterocycles. The van der Waals surface area contributed by atoms with E-state index in [1.165, 1.54) is 16.3 Å². The van der Waals surface area contributed by atoms with Crippen LogP contribution in [0.5, 0.6) is 5.75 Å². The van der Waals surface area contributed by atoms with Gasteiger partial charge in [-0.05, 0) is 35.2 Å². The van der Waals surface area contributed by atoms with E-state index in [1.807, 2.05) is 0 Å². The molecule has 0 saturated heterocycles. The van der Waals surface area contributed by atoms with Crippen molar-refractivity contribution in [2.45, 2.75) is 25.7 Å². The number of nitrogens with two attached hydrogens (primary N) is 1. The lowest BCUT2D eigenvalue weighted by Gasteiger charge is -2.28. The zero-order valence-electron chi connectivity index (χ0n) is 11.4. The Morgan fingerprint density at radius 3 is 2.50 bits per heavy atom. The highest BCUT2D eigenvalue weighted by Crippen LogP contribution is 2.39. The van der Waals surface area contributed by atoms with Crippen molar-refractivity contribution in [3.63, 3.8) is 0 Å². The lowest BCUT2D eigenvalue weighted by molar-refractivity contribution is 0.389. The van der Waals surface area contributed by atoms with Crippen LogP contribution in [0.4, 0.5) is 0 Å². The molecule has 18 heavy (non-hydrogen) atoms. The van der Waals surface area contributed by atoms with Crippen molar-refractivity contribution in [3.8, 4) is 5.75 Å². The van der Waals surface area contributed by atoms with Gasteiger partial charge in [0.15, 0.2) is 0 Å². The van der Waals surface area contributed by atoms with Gasteiger partial charge in [-0.3, -0.25) is 0 Å². The van der Waals surface area contributed by atoms with Crippen molar-refractivity contribution in [2.75, 3.05) is 13.7 Å². The Morgan fingerprint density at radius 1 is 1.11 bits per heavy atom. The van der Waals surface area contributed by atoms with Crippen molar-refractivity contribution >= 4 is 10.8 Å². The monoisotopic (exact) mass is 243 g/mol. The number of rotatable bonds is 4. The second kappa shape index (κ2) is 4.99. The summed E-state index contributed by atoms with van der Waals surface area (Å²) in [7, 11) is 1.73. The fourth-order valence-corrected chi connectivity index (χ4v) is 2.61. The molecule has 2 aromatic carbocycles. The summed E-state index contributed by atoms with van der Waals surface area (Å²) in [6.07, 6.45) is 0.942. The lowest BCUT2D eigenvalue weighted by atomic mass is 9.78. The maximum absolute atomic E-state index is 5.75. The second-order valence-electron chi connectivity index (χ2n) is 5.29. The van der Waals surface area contributed by atoms with E-state index in [-0.39, 0.29) is 5.41 Å². The maximum atomic E-state index is 5.75. The molecule has 0 saturated carbocycles. The van der Waals surface area contributed by atoms with E-state index in [0.29, 0.717) is 6.54 Å². The molecule has 2 N–H and O–H groups in total. The second-order valence-corrected chi connectivity index (χ2v) is 5.29. The summed E-state index contributed by atoms with van der Waals surface area (Å²) in [5.41, 5.74) is 7.02. The van der Waals surface area contributed by atoms with Crippen LogP contribution in [0.1, 0.15) is 25.8 Å². The van der Waals surface area contributed by atoms with E-state index in [9.17, 15) is 0 Å². The standard InChI is InChI=1S/C16H21NO/c1-16(2,10-11-17)15-13-7-5-4-6-12(13)8-9-14(15)18-3/h4-9H,10-11,17H2,1-3H3. The van der Waals surface area contributed by atoms with Gasteiger partial charge in [-0.25, -0.2) is 0 Å². The predicted octanol–water partition coefficient (Wildman–Crippen LogP) is 3.47. The quantitative estimate of drug-likeness (QED) is 0.892. The zero-order chi connectivity index (χ0) is 13.2. The van der Waals surface area contributed by atoms with Crippen LogP contribution in [0.15, 0.2) is 36.4 Å². The normalized spacial score (nSPS) is 11.8. The van der Waals surface area contributed by atoms with Crippen LogP contribution < -0.4 is 10.5 Å². The minimum absolute atomic E-state index is 0.0148. The Kier molecular flexibility index (Phi) is 3.58. The van der Waals surface area contributed by atoms with Crippen LogP contribution in [0, 0.1) is 0 Å². The van der Waals surface area contributed by atoms with Crippen LogP contribution in [0.3, 0.4) is 0 Å². The van der Waals surface area contributed by atoms with Gasteiger partial charge in [0.25, 0.3) is 0 Å². The van der Waals surface area contributed by atoms with Gasteiger partial charge < -0.3 is 10.5 Å². The number of ether oxygens (including phenoxy) is 1. The third-order valence-electron chi connectivity index (χ3n) is 3.56. The molecule has 2 heteroatoms. The molecular weight excluding hydrogens is 222 g/mol. The molecule has 0 fully saturated rings. The summed E-state index contributed by atoms with van der Waals surface area (Å²) in [4.78, 5) is 0. The van der Waals surface area contributed by atoms with Crippen LogP contribution >= 0.6 is 0 Å². The van der Waals surface area contributed by atoms with Gasteiger partial charge >= 0.3 is 0 Å². The topological polar surface area (TPSA) is 35.2 Å². The molecule has 0 heterocycles. The molecule has 2 nitrogen and oxygen atoms in total. The Bertz CT molecular complexity index is 546. The minimum Gasteiger partial charge on any atom is -0.496 e. The van der Waals surface area contributed by atoms with E-state index in [4.69, 9.17) is 10.5 Å². The molecule has 0 aliphatic carbocycles. The average molecular weight is 243 g/mol.